The van der Waals surface area contributed by atoms with E-state index in [9.17, 15) is 14.4 Å². The van der Waals surface area contributed by atoms with E-state index in [1.807, 2.05) is 44.2 Å². The van der Waals surface area contributed by atoms with E-state index in [2.05, 4.69) is 20.6 Å². The van der Waals surface area contributed by atoms with Gasteiger partial charge in [-0.05, 0) is 17.9 Å². The number of ether oxygens (including phenoxy) is 1. The van der Waals surface area contributed by atoms with Gasteiger partial charge in [-0.2, -0.15) is 0 Å². The quantitative estimate of drug-likeness (QED) is 0.548. The number of esters is 1. The standard InChI is InChI=1S/C22H29N5O4/c1-15(2)12-17(22(30)31-13-16-6-4-3-5-7-16)26-20(28)18-19(25-14-24-18)21(29)27-10-8-23-9-11-27/h3-7,14-15,17,23H,8-13H2,1-2H3,(H,24,25)(H,26,28)/t17-/m0/s1. The van der Waals surface area contributed by atoms with Crippen molar-refractivity contribution in [3.8, 4) is 0 Å². The maximum atomic E-state index is 12.9. The minimum atomic E-state index is -0.838. The Morgan fingerprint density at radius 1 is 1.16 bits per heavy atom. The normalized spacial score (nSPS) is 14.9. The van der Waals surface area contributed by atoms with Gasteiger partial charge in [0, 0.05) is 26.2 Å². The molecule has 0 unspecified atom stereocenters. The first-order chi connectivity index (χ1) is 15.0. The number of piperazine rings is 1. The Morgan fingerprint density at radius 3 is 2.55 bits per heavy atom. The smallest absolute Gasteiger partial charge is 0.328 e. The Labute approximate surface area is 181 Å². The molecule has 0 radical (unpaired) electrons. The molecular formula is C22H29N5O4. The maximum Gasteiger partial charge on any atom is 0.328 e. The van der Waals surface area contributed by atoms with Crippen molar-refractivity contribution in [2.75, 3.05) is 26.2 Å². The molecule has 1 saturated heterocycles. The molecule has 166 valence electrons. The number of carbonyl (C=O) groups excluding carboxylic acids is 3. The molecule has 1 aliphatic heterocycles. The Bertz CT molecular complexity index is 890. The summed E-state index contributed by atoms with van der Waals surface area (Å²) in [5.74, 6) is -1.23. The van der Waals surface area contributed by atoms with Crippen LogP contribution >= 0.6 is 0 Å². The summed E-state index contributed by atoms with van der Waals surface area (Å²) in [6.07, 6.45) is 1.72. The number of aromatic nitrogens is 2. The molecule has 0 aliphatic carbocycles. The van der Waals surface area contributed by atoms with Crippen molar-refractivity contribution in [1.82, 2.24) is 25.5 Å². The van der Waals surface area contributed by atoms with Gasteiger partial charge in [0.05, 0.1) is 6.33 Å². The monoisotopic (exact) mass is 427 g/mol. The van der Waals surface area contributed by atoms with Crippen molar-refractivity contribution < 1.29 is 19.1 Å². The van der Waals surface area contributed by atoms with Gasteiger partial charge in [-0.3, -0.25) is 9.59 Å². The lowest BCUT2D eigenvalue weighted by Gasteiger charge is -2.27. The number of imidazole rings is 1. The van der Waals surface area contributed by atoms with Crippen LogP contribution in [0.4, 0.5) is 0 Å². The fourth-order valence-corrected chi connectivity index (χ4v) is 3.40. The van der Waals surface area contributed by atoms with Crippen LogP contribution in [0.2, 0.25) is 0 Å². The first-order valence-corrected chi connectivity index (χ1v) is 10.5. The highest BCUT2D eigenvalue weighted by Gasteiger charge is 2.29. The van der Waals surface area contributed by atoms with Crippen LogP contribution in [0, 0.1) is 5.92 Å². The highest BCUT2D eigenvalue weighted by Crippen LogP contribution is 2.12. The first-order valence-electron chi connectivity index (χ1n) is 10.5. The fourth-order valence-electron chi connectivity index (χ4n) is 3.40. The zero-order chi connectivity index (χ0) is 22.2. The summed E-state index contributed by atoms with van der Waals surface area (Å²) in [7, 11) is 0. The maximum absolute atomic E-state index is 12.9. The van der Waals surface area contributed by atoms with Crippen LogP contribution in [-0.2, 0) is 16.1 Å². The SMILES string of the molecule is CC(C)C[C@H](NC(=O)c1nc[nH]c1C(=O)N1CCNCC1)C(=O)OCc1ccccc1. The van der Waals surface area contributed by atoms with Crippen LogP contribution in [0.3, 0.4) is 0 Å². The van der Waals surface area contributed by atoms with Crippen LogP contribution in [0.15, 0.2) is 36.7 Å². The summed E-state index contributed by atoms with van der Waals surface area (Å²) in [4.78, 5) is 46.8. The van der Waals surface area contributed by atoms with Gasteiger partial charge < -0.3 is 25.3 Å². The molecule has 1 aromatic heterocycles. The molecule has 1 aliphatic rings. The third-order valence-corrected chi connectivity index (χ3v) is 4.99. The molecule has 1 aromatic carbocycles. The lowest BCUT2D eigenvalue weighted by atomic mass is 10.0. The van der Waals surface area contributed by atoms with Gasteiger partial charge in [-0.25, -0.2) is 9.78 Å². The lowest BCUT2D eigenvalue weighted by molar-refractivity contribution is -0.147. The molecule has 0 spiro atoms. The van der Waals surface area contributed by atoms with Crippen LogP contribution in [0.5, 0.6) is 0 Å². The minimum absolute atomic E-state index is 0.0202. The predicted molar refractivity (Wildman–Crippen MR) is 114 cm³/mol. The van der Waals surface area contributed by atoms with Crippen LogP contribution in [-0.4, -0.2) is 64.9 Å². The van der Waals surface area contributed by atoms with Gasteiger partial charge in [0.2, 0.25) is 0 Å². The van der Waals surface area contributed by atoms with Gasteiger partial charge in [0.15, 0.2) is 5.69 Å². The van der Waals surface area contributed by atoms with E-state index in [-0.39, 0.29) is 29.8 Å². The Kier molecular flexibility index (Phi) is 7.77. The highest BCUT2D eigenvalue weighted by atomic mass is 16.5. The molecular weight excluding hydrogens is 398 g/mol. The number of nitrogens with one attached hydrogen (secondary N) is 3. The number of nitrogens with zero attached hydrogens (tertiary/aromatic N) is 2. The zero-order valence-corrected chi connectivity index (χ0v) is 17.9. The predicted octanol–water partition coefficient (Wildman–Crippen LogP) is 1.34. The molecule has 2 aromatic rings. The van der Waals surface area contributed by atoms with E-state index >= 15 is 0 Å². The molecule has 3 N–H and O–H groups in total. The second-order valence-corrected chi connectivity index (χ2v) is 7.92. The van der Waals surface area contributed by atoms with Gasteiger partial charge >= 0.3 is 5.97 Å². The number of hydrogen-bond acceptors (Lipinski definition) is 6. The molecule has 2 heterocycles. The summed E-state index contributed by atoms with van der Waals surface area (Å²) in [6.45, 7) is 6.55. The van der Waals surface area contributed by atoms with Crippen molar-refractivity contribution in [3.05, 3.63) is 53.6 Å². The van der Waals surface area contributed by atoms with Crippen molar-refractivity contribution in [1.29, 1.82) is 0 Å². The number of rotatable bonds is 8. The number of carbonyl (C=O) groups is 3. The van der Waals surface area contributed by atoms with Gasteiger partial charge in [-0.15, -0.1) is 0 Å². The molecule has 1 fully saturated rings. The van der Waals surface area contributed by atoms with Crippen molar-refractivity contribution in [2.45, 2.75) is 32.9 Å². The first kappa shape index (κ1) is 22.5. The van der Waals surface area contributed by atoms with Crippen molar-refractivity contribution in [3.63, 3.8) is 0 Å². The highest BCUT2D eigenvalue weighted by molar-refractivity contribution is 6.05. The fraction of sp³-hybridized carbons (Fsp3) is 0.455. The lowest BCUT2D eigenvalue weighted by Crippen LogP contribution is -2.47. The van der Waals surface area contributed by atoms with E-state index in [0.717, 1.165) is 5.56 Å². The Morgan fingerprint density at radius 2 is 1.87 bits per heavy atom. The second-order valence-electron chi connectivity index (χ2n) is 7.92. The summed E-state index contributed by atoms with van der Waals surface area (Å²) in [5.41, 5.74) is 0.968. The van der Waals surface area contributed by atoms with Gasteiger partial charge in [-0.1, -0.05) is 44.2 Å². The third-order valence-electron chi connectivity index (χ3n) is 4.99. The number of H-pyrrole nitrogens is 1. The van der Waals surface area contributed by atoms with E-state index in [4.69, 9.17) is 4.74 Å². The molecule has 9 heteroatoms. The topological polar surface area (TPSA) is 116 Å². The zero-order valence-electron chi connectivity index (χ0n) is 17.9. The third kappa shape index (κ3) is 6.14. The molecule has 1 atom stereocenters. The summed E-state index contributed by atoms with van der Waals surface area (Å²) < 4.78 is 5.42. The number of aromatic amines is 1. The van der Waals surface area contributed by atoms with E-state index in [1.165, 1.54) is 6.33 Å². The number of benzene rings is 1. The van der Waals surface area contributed by atoms with Crippen molar-refractivity contribution >= 4 is 17.8 Å². The van der Waals surface area contributed by atoms with Gasteiger partial charge in [0.25, 0.3) is 11.8 Å². The summed E-state index contributed by atoms with van der Waals surface area (Å²) in [5, 5.41) is 5.89. The molecule has 0 bridgehead atoms. The average Bonchev–Trinajstić information content (AvgIpc) is 3.27. The van der Waals surface area contributed by atoms with Gasteiger partial charge in [0.1, 0.15) is 18.3 Å². The second kappa shape index (κ2) is 10.7. The molecule has 31 heavy (non-hydrogen) atoms. The number of amides is 2. The Balaban J connectivity index is 1.67. The molecule has 0 saturated carbocycles. The molecule has 3 rings (SSSR count). The number of hydrogen-bond donors (Lipinski definition) is 3. The van der Waals surface area contributed by atoms with E-state index in [0.29, 0.717) is 32.6 Å². The molecule has 2 amide bonds. The summed E-state index contributed by atoms with van der Waals surface area (Å²) >= 11 is 0. The minimum Gasteiger partial charge on any atom is -0.459 e. The Hall–Kier alpha value is -3.20. The van der Waals surface area contributed by atoms with Crippen molar-refractivity contribution in [2.24, 2.45) is 5.92 Å². The summed E-state index contributed by atoms with van der Waals surface area (Å²) in [6, 6.07) is 8.50. The molecule has 9 nitrogen and oxygen atoms in total. The average molecular weight is 428 g/mol. The van der Waals surface area contributed by atoms with Crippen LogP contribution in [0.1, 0.15) is 46.8 Å². The van der Waals surface area contributed by atoms with Crippen LogP contribution < -0.4 is 10.6 Å². The largest absolute Gasteiger partial charge is 0.459 e. The van der Waals surface area contributed by atoms with E-state index in [1.54, 1.807) is 4.90 Å². The van der Waals surface area contributed by atoms with Crippen LogP contribution in [0.25, 0.3) is 0 Å². The van der Waals surface area contributed by atoms with E-state index < -0.39 is 17.9 Å².